The number of nitrogens with one attached hydrogen (secondary N) is 1. The standard InChI is InChI=1S/C28H36N4O2/c1-21-12-16-30(17-13-21)19-22-4-6-24(7-5-22)29-28(34)23-18-27(33)32(20-23)26-10-8-25(9-11-26)31-14-2-3-15-31/h4-11,21,23H,2-3,12-20H2,1H3,(H,29,34). The van der Waals surface area contributed by atoms with E-state index in [0.717, 1.165) is 50.0 Å². The number of hydrogen-bond acceptors (Lipinski definition) is 4. The summed E-state index contributed by atoms with van der Waals surface area (Å²) in [6, 6.07) is 16.3. The summed E-state index contributed by atoms with van der Waals surface area (Å²) >= 11 is 0. The molecule has 6 nitrogen and oxygen atoms in total. The third-order valence-electron chi connectivity index (χ3n) is 7.63. The number of nitrogens with zero attached hydrogens (tertiary/aromatic N) is 3. The molecule has 0 bridgehead atoms. The van der Waals surface area contributed by atoms with Crippen molar-refractivity contribution in [3.63, 3.8) is 0 Å². The minimum Gasteiger partial charge on any atom is -0.372 e. The van der Waals surface area contributed by atoms with Crippen LogP contribution in [0.4, 0.5) is 17.1 Å². The van der Waals surface area contributed by atoms with Crippen LogP contribution >= 0.6 is 0 Å². The van der Waals surface area contributed by atoms with E-state index in [1.807, 2.05) is 24.3 Å². The van der Waals surface area contributed by atoms with Gasteiger partial charge in [-0.1, -0.05) is 19.1 Å². The molecule has 3 fully saturated rings. The second-order valence-corrected chi connectivity index (χ2v) is 10.3. The third kappa shape index (κ3) is 5.27. The van der Waals surface area contributed by atoms with Gasteiger partial charge in [-0.2, -0.15) is 0 Å². The Labute approximate surface area is 202 Å². The number of carbonyl (C=O) groups is 2. The van der Waals surface area contributed by atoms with Gasteiger partial charge in [0.2, 0.25) is 11.8 Å². The van der Waals surface area contributed by atoms with Crippen LogP contribution < -0.4 is 15.1 Å². The summed E-state index contributed by atoms with van der Waals surface area (Å²) in [6.45, 7) is 8.24. The zero-order valence-electron chi connectivity index (χ0n) is 20.2. The highest BCUT2D eigenvalue weighted by Gasteiger charge is 2.35. The van der Waals surface area contributed by atoms with Gasteiger partial charge in [0.1, 0.15) is 0 Å². The molecule has 0 spiro atoms. The molecular weight excluding hydrogens is 424 g/mol. The molecule has 180 valence electrons. The second kappa shape index (κ2) is 10.2. The summed E-state index contributed by atoms with van der Waals surface area (Å²) in [7, 11) is 0. The first kappa shape index (κ1) is 22.9. The lowest BCUT2D eigenvalue weighted by molar-refractivity contribution is -0.122. The molecule has 3 saturated heterocycles. The highest BCUT2D eigenvalue weighted by molar-refractivity contribution is 6.03. The van der Waals surface area contributed by atoms with E-state index in [2.05, 4.69) is 46.3 Å². The summed E-state index contributed by atoms with van der Waals surface area (Å²) < 4.78 is 0. The van der Waals surface area contributed by atoms with Crippen molar-refractivity contribution in [1.82, 2.24) is 4.90 Å². The lowest BCUT2D eigenvalue weighted by atomic mass is 9.99. The predicted molar refractivity (Wildman–Crippen MR) is 137 cm³/mol. The predicted octanol–water partition coefficient (Wildman–Crippen LogP) is 4.51. The van der Waals surface area contributed by atoms with Crippen LogP contribution in [0.3, 0.4) is 0 Å². The maximum Gasteiger partial charge on any atom is 0.229 e. The number of anilines is 3. The Balaban J connectivity index is 1.14. The lowest BCUT2D eigenvalue weighted by Crippen LogP contribution is -2.32. The van der Waals surface area contributed by atoms with Crippen LogP contribution in [0.2, 0.25) is 0 Å². The lowest BCUT2D eigenvalue weighted by Gasteiger charge is -2.30. The zero-order chi connectivity index (χ0) is 23.5. The molecule has 1 unspecified atom stereocenters. The van der Waals surface area contributed by atoms with Gasteiger partial charge < -0.3 is 15.1 Å². The zero-order valence-corrected chi connectivity index (χ0v) is 20.2. The molecular formula is C28H36N4O2. The van der Waals surface area contributed by atoms with Gasteiger partial charge in [0, 0.05) is 49.7 Å². The van der Waals surface area contributed by atoms with Crippen molar-refractivity contribution in [3.05, 3.63) is 54.1 Å². The maximum atomic E-state index is 12.9. The minimum absolute atomic E-state index is 0.0141. The van der Waals surface area contributed by atoms with Crippen molar-refractivity contribution >= 4 is 28.9 Å². The molecule has 0 aromatic heterocycles. The number of benzene rings is 2. The van der Waals surface area contributed by atoms with Gasteiger partial charge in [-0.3, -0.25) is 14.5 Å². The first-order valence-corrected chi connectivity index (χ1v) is 12.8. The molecule has 6 heteroatoms. The number of piperidine rings is 1. The third-order valence-corrected chi connectivity index (χ3v) is 7.63. The number of likely N-dealkylation sites (tertiary alicyclic amines) is 1. The van der Waals surface area contributed by atoms with Gasteiger partial charge in [0.05, 0.1) is 5.92 Å². The Morgan fingerprint density at radius 1 is 0.912 bits per heavy atom. The number of amides is 2. The summed E-state index contributed by atoms with van der Waals surface area (Å²) in [5, 5.41) is 3.02. The van der Waals surface area contributed by atoms with Crippen LogP contribution in [0.5, 0.6) is 0 Å². The molecule has 2 amide bonds. The highest BCUT2D eigenvalue weighted by atomic mass is 16.2. The Morgan fingerprint density at radius 3 is 2.24 bits per heavy atom. The molecule has 1 N–H and O–H groups in total. The van der Waals surface area contributed by atoms with E-state index < -0.39 is 0 Å². The van der Waals surface area contributed by atoms with Crippen LogP contribution in [-0.2, 0) is 16.1 Å². The Kier molecular flexibility index (Phi) is 6.86. The molecule has 5 rings (SSSR count). The largest absolute Gasteiger partial charge is 0.372 e. The quantitative estimate of drug-likeness (QED) is 0.689. The van der Waals surface area contributed by atoms with E-state index in [1.165, 1.54) is 36.9 Å². The summed E-state index contributed by atoms with van der Waals surface area (Å²) in [6.07, 6.45) is 5.28. The van der Waals surface area contributed by atoms with Crippen molar-refractivity contribution in [1.29, 1.82) is 0 Å². The summed E-state index contributed by atoms with van der Waals surface area (Å²) in [4.78, 5) is 32.2. The number of rotatable bonds is 6. The van der Waals surface area contributed by atoms with Crippen LogP contribution in [0, 0.1) is 11.8 Å². The number of carbonyl (C=O) groups excluding carboxylic acids is 2. The maximum absolute atomic E-state index is 12.9. The summed E-state index contributed by atoms with van der Waals surface area (Å²) in [5.41, 5.74) is 4.15. The molecule has 0 aliphatic carbocycles. The van der Waals surface area contributed by atoms with Gasteiger partial charge in [-0.25, -0.2) is 0 Å². The molecule has 3 aliphatic rings. The normalized spacial score (nSPS) is 21.9. The van der Waals surface area contributed by atoms with E-state index in [1.54, 1.807) is 4.90 Å². The van der Waals surface area contributed by atoms with E-state index >= 15 is 0 Å². The van der Waals surface area contributed by atoms with Crippen molar-refractivity contribution in [2.75, 3.05) is 47.8 Å². The Bertz CT molecular complexity index is 990. The van der Waals surface area contributed by atoms with E-state index in [-0.39, 0.29) is 24.2 Å². The first-order chi connectivity index (χ1) is 16.5. The SMILES string of the molecule is CC1CCN(Cc2ccc(NC(=O)C3CC(=O)N(c4ccc(N5CCCC5)cc4)C3)cc2)CC1. The minimum atomic E-state index is -0.333. The van der Waals surface area contributed by atoms with E-state index in [9.17, 15) is 9.59 Å². The van der Waals surface area contributed by atoms with E-state index in [0.29, 0.717) is 6.54 Å². The van der Waals surface area contributed by atoms with Crippen LogP contribution in [0.25, 0.3) is 0 Å². The second-order valence-electron chi connectivity index (χ2n) is 10.3. The monoisotopic (exact) mass is 460 g/mol. The fraction of sp³-hybridized carbons (Fsp3) is 0.500. The van der Waals surface area contributed by atoms with Crippen LogP contribution in [0.1, 0.15) is 44.6 Å². The molecule has 1 atom stereocenters. The first-order valence-electron chi connectivity index (χ1n) is 12.8. The van der Waals surface area contributed by atoms with Crippen molar-refractivity contribution in [2.24, 2.45) is 11.8 Å². The molecule has 2 aromatic rings. The fourth-order valence-corrected chi connectivity index (χ4v) is 5.37. The average molecular weight is 461 g/mol. The van der Waals surface area contributed by atoms with Crippen LogP contribution in [0.15, 0.2) is 48.5 Å². The highest BCUT2D eigenvalue weighted by Crippen LogP contribution is 2.29. The molecule has 3 aliphatic heterocycles. The van der Waals surface area contributed by atoms with Gasteiger partial charge in [0.25, 0.3) is 0 Å². The Hall–Kier alpha value is -2.86. The molecule has 2 aromatic carbocycles. The molecule has 3 heterocycles. The van der Waals surface area contributed by atoms with Gasteiger partial charge in [-0.15, -0.1) is 0 Å². The topological polar surface area (TPSA) is 55.9 Å². The van der Waals surface area contributed by atoms with E-state index in [4.69, 9.17) is 0 Å². The van der Waals surface area contributed by atoms with Crippen molar-refractivity contribution in [2.45, 2.75) is 45.6 Å². The van der Waals surface area contributed by atoms with Gasteiger partial charge >= 0.3 is 0 Å². The number of hydrogen-bond donors (Lipinski definition) is 1. The molecule has 34 heavy (non-hydrogen) atoms. The fourth-order valence-electron chi connectivity index (χ4n) is 5.37. The van der Waals surface area contributed by atoms with Crippen LogP contribution in [-0.4, -0.2) is 49.4 Å². The molecule has 0 radical (unpaired) electrons. The molecule has 0 saturated carbocycles. The van der Waals surface area contributed by atoms with Crippen molar-refractivity contribution < 1.29 is 9.59 Å². The average Bonchev–Trinajstić information content (AvgIpc) is 3.52. The van der Waals surface area contributed by atoms with Crippen molar-refractivity contribution in [3.8, 4) is 0 Å². The summed E-state index contributed by atoms with van der Waals surface area (Å²) in [5.74, 6) is 0.435. The Morgan fingerprint density at radius 2 is 1.56 bits per heavy atom. The van der Waals surface area contributed by atoms with Gasteiger partial charge in [0.15, 0.2) is 0 Å². The smallest absolute Gasteiger partial charge is 0.229 e. The van der Waals surface area contributed by atoms with Gasteiger partial charge in [-0.05, 0) is 86.7 Å².